The summed E-state index contributed by atoms with van der Waals surface area (Å²) in [6.45, 7) is 3.52. The predicted octanol–water partition coefficient (Wildman–Crippen LogP) is 0.380. The molecule has 3 saturated heterocycles. The van der Waals surface area contributed by atoms with Crippen LogP contribution in [0.4, 0.5) is 4.79 Å². The third-order valence-corrected chi connectivity index (χ3v) is 6.60. The SMILES string of the molecule is N#CCN1CCN(C(=O)CCCC[C@@H]2SC[C@@H]3NC(=O)N[C@@H]32)CC1. The van der Waals surface area contributed by atoms with Gasteiger partial charge in [0.1, 0.15) is 0 Å². The molecule has 0 spiro atoms. The number of urea groups is 1. The number of nitriles is 1. The number of carbonyl (C=O) groups excluding carboxylic acids is 2. The van der Waals surface area contributed by atoms with E-state index in [9.17, 15) is 9.59 Å². The van der Waals surface area contributed by atoms with Gasteiger partial charge in [0.05, 0.1) is 24.7 Å². The van der Waals surface area contributed by atoms with Crippen LogP contribution in [-0.4, -0.2) is 77.5 Å². The minimum Gasteiger partial charge on any atom is -0.340 e. The molecule has 0 unspecified atom stereocenters. The third-order valence-electron chi connectivity index (χ3n) is 5.09. The molecule has 0 aromatic carbocycles. The van der Waals surface area contributed by atoms with Crippen LogP contribution in [0.15, 0.2) is 0 Å². The van der Waals surface area contributed by atoms with Crippen LogP contribution in [0.3, 0.4) is 0 Å². The Kier molecular flexibility index (Phi) is 5.85. The lowest BCUT2D eigenvalue weighted by Gasteiger charge is -2.33. The molecule has 8 heteroatoms. The van der Waals surface area contributed by atoms with Crippen LogP contribution in [0.5, 0.6) is 0 Å². The van der Waals surface area contributed by atoms with Crippen molar-refractivity contribution in [2.45, 2.75) is 43.0 Å². The number of hydrogen-bond donors (Lipinski definition) is 2. The number of piperazine rings is 1. The highest BCUT2D eigenvalue weighted by Gasteiger charge is 2.42. The minimum absolute atomic E-state index is 0.0407. The van der Waals surface area contributed by atoms with E-state index in [2.05, 4.69) is 21.6 Å². The van der Waals surface area contributed by atoms with Crippen LogP contribution in [0.2, 0.25) is 0 Å². The van der Waals surface area contributed by atoms with Gasteiger partial charge in [-0.2, -0.15) is 17.0 Å². The smallest absolute Gasteiger partial charge is 0.315 e. The number of hydrogen-bond acceptors (Lipinski definition) is 5. The summed E-state index contributed by atoms with van der Waals surface area (Å²) in [5.74, 6) is 1.22. The van der Waals surface area contributed by atoms with Gasteiger partial charge < -0.3 is 15.5 Å². The van der Waals surface area contributed by atoms with Crippen LogP contribution < -0.4 is 10.6 Å². The maximum Gasteiger partial charge on any atom is 0.315 e. The van der Waals surface area contributed by atoms with Gasteiger partial charge in [0.25, 0.3) is 0 Å². The zero-order chi connectivity index (χ0) is 16.9. The van der Waals surface area contributed by atoms with Crippen molar-refractivity contribution in [2.24, 2.45) is 0 Å². The van der Waals surface area contributed by atoms with Crippen molar-refractivity contribution in [2.75, 3.05) is 38.5 Å². The summed E-state index contributed by atoms with van der Waals surface area (Å²) in [5.41, 5.74) is 0. The Hall–Kier alpha value is -1.46. The molecule has 7 nitrogen and oxygen atoms in total. The van der Waals surface area contributed by atoms with Gasteiger partial charge in [-0.1, -0.05) is 6.42 Å². The highest BCUT2D eigenvalue weighted by atomic mass is 32.2. The molecule has 3 aliphatic heterocycles. The number of unbranched alkanes of at least 4 members (excludes halogenated alkanes) is 1. The first kappa shape index (κ1) is 17.4. The fraction of sp³-hybridized carbons (Fsp3) is 0.812. The molecule has 3 heterocycles. The fourth-order valence-corrected chi connectivity index (χ4v) is 5.22. The quantitative estimate of drug-likeness (QED) is 0.410. The third kappa shape index (κ3) is 4.14. The molecular weight excluding hydrogens is 326 g/mol. The topological polar surface area (TPSA) is 88.5 Å². The zero-order valence-corrected chi connectivity index (χ0v) is 14.7. The fourth-order valence-electron chi connectivity index (χ4n) is 3.68. The van der Waals surface area contributed by atoms with E-state index in [0.717, 1.165) is 51.2 Å². The van der Waals surface area contributed by atoms with E-state index in [0.29, 0.717) is 18.2 Å². The Morgan fingerprint density at radius 3 is 2.79 bits per heavy atom. The summed E-state index contributed by atoms with van der Waals surface area (Å²) >= 11 is 1.92. The van der Waals surface area contributed by atoms with Gasteiger partial charge in [0.15, 0.2) is 0 Å². The summed E-state index contributed by atoms with van der Waals surface area (Å²) in [7, 11) is 0. The average Bonchev–Trinajstić information content (AvgIpc) is 3.12. The maximum absolute atomic E-state index is 12.3. The monoisotopic (exact) mass is 351 g/mol. The largest absolute Gasteiger partial charge is 0.340 e. The van der Waals surface area contributed by atoms with E-state index in [1.165, 1.54) is 0 Å². The van der Waals surface area contributed by atoms with Crippen molar-refractivity contribution in [3.63, 3.8) is 0 Å². The number of amides is 3. The van der Waals surface area contributed by atoms with Crippen LogP contribution >= 0.6 is 11.8 Å². The van der Waals surface area contributed by atoms with Gasteiger partial charge in [-0.3, -0.25) is 9.69 Å². The molecule has 132 valence electrons. The van der Waals surface area contributed by atoms with Gasteiger partial charge in [0.2, 0.25) is 5.91 Å². The van der Waals surface area contributed by atoms with Crippen molar-refractivity contribution in [3.8, 4) is 6.07 Å². The van der Waals surface area contributed by atoms with E-state index in [1.54, 1.807) is 0 Å². The second-order valence-corrected chi connectivity index (χ2v) is 7.95. The first-order valence-corrected chi connectivity index (χ1v) is 9.78. The lowest BCUT2D eigenvalue weighted by Crippen LogP contribution is -2.48. The lowest BCUT2D eigenvalue weighted by atomic mass is 10.0. The van der Waals surface area contributed by atoms with E-state index >= 15 is 0 Å². The summed E-state index contributed by atoms with van der Waals surface area (Å²) < 4.78 is 0. The highest BCUT2D eigenvalue weighted by molar-refractivity contribution is 8.00. The number of nitrogens with zero attached hydrogens (tertiary/aromatic N) is 3. The van der Waals surface area contributed by atoms with Crippen LogP contribution in [0.25, 0.3) is 0 Å². The van der Waals surface area contributed by atoms with E-state index in [-0.39, 0.29) is 24.0 Å². The van der Waals surface area contributed by atoms with Gasteiger partial charge >= 0.3 is 6.03 Å². The first-order valence-electron chi connectivity index (χ1n) is 8.73. The Morgan fingerprint density at radius 1 is 1.25 bits per heavy atom. The normalized spacial score (nSPS) is 29.7. The second-order valence-electron chi connectivity index (χ2n) is 6.68. The molecule has 0 aromatic heterocycles. The lowest BCUT2D eigenvalue weighted by molar-refractivity contribution is -0.133. The van der Waals surface area contributed by atoms with Crippen molar-refractivity contribution >= 4 is 23.7 Å². The molecule has 24 heavy (non-hydrogen) atoms. The highest BCUT2D eigenvalue weighted by Crippen LogP contribution is 2.33. The summed E-state index contributed by atoms with van der Waals surface area (Å²) in [6.07, 6.45) is 3.59. The van der Waals surface area contributed by atoms with Gasteiger partial charge in [0, 0.05) is 43.6 Å². The molecule has 0 aromatic rings. The number of fused-ring (bicyclic) bond motifs is 1. The summed E-state index contributed by atoms with van der Waals surface area (Å²) in [5, 5.41) is 15.1. The molecule has 3 fully saturated rings. The van der Waals surface area contributed by atoms with Gasteiger partial charge in [-0.15, -0.1) is 0 Å². The molecule has 2 N–H and O–H groups in total. The second kappa shape index (κ2) is 8.08. The van der Waals surface area contributed by atoms with E-state index in [1.807, 2.05) is 16.7 Å². The zero-order valence-electron chi connectivity index (χ0n) is 13.9. The molecule has 0 saturated carbocycles. The summed E-state index contributed by atoms with van der Waals surface area (Å²) in [6, 6.07) is 2.65. The van der Waals surface area contributed by atoms with E-state index in [4.69, 9.17) is 5.26 Å². The molecule has 0 bridgehead atoms. The molecule has 3 aliphatic rings. The average molecular weight is 351 g/mol. The van der Waals surface area contributed by atoms with Gasteiger partial charge in [-0.05, 0) is 12.8 Å². The number of nitrogens with one attached hydrogen (secondary N) is 2. The Bertz CT molecular complexity index is 515. The molecule has 3 amide bonds. The number of rotatable bonds is 6. The molecular formula is C16H25N5O2S. The molecule has 0 aliphatic carbocycles. The standard InChI is InChI=1S/C16H25N5O2S/c17-5-6-20-7-9-21(10-8-20)14(22)4-2-1-3-13-15-12(11-24-13)18-16(23)19-15/h12-13,15H,1-4,6-11H2,(H2,18,19,23)/t12-,13-,15-/m0/s1. The molecule has 3 rings (SSSR count). The first-order chi connectivity index (χ1) is 11.7. The van der Waals surface area contributed by atoms with Crippen molar-refractivity contribution in [1.82, 2.24) is 20.4 Å². The number of thioether (sulfide) groups is 1. The minimum atomic E-state index is -0.0407. The Labute approximate surface area is 147 Å². The van der Waals surface area contributed by atoms with Crippen LogP contribution in [0, 0.1) is 11.3 Å². The Morgan fingerprint density at radius 2 is 2.04 bits per heavy atom. The van der Waals surface area contributed by atoms with Crippen molar-refractivity contribution < 1.29 is 9.59 Å². The van der Waals surface area contributed by atoms with Gasteiger partial charge in [-0.25, -0.2) is 4.79 Å². The Balaban J connectivity index is 1.30. The van der Waals surface area contributed by atoms with Crippen LogP contribution in [-0.2, 0) is 4.79 Å². The van der Waals surface area contributed by atoms with Crippen LogP contribution in [0.1, 0.15) is 25.7 Å². The van der Waals surface area contributed by atoms with Crippen molar-refractivity contribution in [1.29, 1.82) is 5.26 Å². The maximum atomic E-state index is 12.3. The van der Waals surface area contributed by atoms with Crippen molar-refractivity contribution in [3.05, 3.63) is 0 Å². The molecule has 3 atom stereocenters. The summed E-state index contributed by atoms with van der Waals surface area (Å²) in [4.78, 5) is 27.6. The predicted molar refractivity (Wildman–Crippen MR) is 92.6 cm³/mol. The number of carbonyl (C=O) groups is 2. The molecule has 0 radical (unpaired) electrons. The van der Waals surface area contributed by atoms with E-state index < -0.39 is 0 Å².